The van der Waals surface area contributed by atoms with Gasteiger partial charge in [0.05, 0.1) is 17.0 Å². The van der Waals surface area contributed by atoms with E-state index in [1.165, 1.54) is 18.2 Å². The summed E-state index contributed by atoms with van der Waals surface area (Å²) in [6.45, 7) is 0. The summed E-state index contributed by atoms with van der Waals surface area (Å²) >= 11 is 5.92. The number of carbonyl (C=O) groups excluding carboxylic acids is 2. The Morgan fingerprint density at radius 2 is 1.73 bits per heavy atom. The van der Waals surface area contributed by atoms with Crippen LogP contribution < -0.4 is 5.32 Å². The lowest BCUT2D eigenvalue weighted by Gasteiger charge is -2.39. The number of amides is 2. The molecule has 0 fully saturated rings. The van der Waals surface area contributed by atoms with E-state index >= 15 is 0 Å². The zero-order valence-electron chi connectivity index (χ0n) is 18.0. The number of halogens is 2. The topological polar surface area (TPSA) is 54.3 Å². The molecule has 5 rings (SSSR count). The number of para-hydroxylation sites is 1. The van der Waals surface area contributed by atoms with Crippen LogP contribution in [0.1, 0.15) is 33.4 Å². The van der Waals surface area contributed by atoms with Crippen molar-refractivity contribution in [2.45, 2.75) is 12.0 Å². The largest absolute Gasteiger partial charge is 0.350 e. The second kappa shape index (κ2) is 8.05. The number of aromatic nitrogens is 1. The monoisotopic (exact) mass is 461 g/mol. The molecule has 2 amide bonds. The van der Waals surface area contributed by atoms with Crippen molar-refractivity contribution in [3.8, 4) is 0 Å². The molecular formula is C26H21ClFN3O2. The van der Waals surface area contributed by atoms with Crippen molar-refractivity contribution in [3.63, 3.8) is 0 Å². The van der Waals surface area contributed by atoms with E-state index in [0.717, 1.165) is 16.5 Å². The maximum Gasteiger partial charge on any atom is 0.254 e. The fraction of sp³-hybridized carbons (Fsp3) is 0.154. The van der Waals surface area contributed by atoms with Gasteiger partial charge in [-0.3, -0.25) is 9.59 Å². The van der Waals surface area contributed by atoms with Crippen LogP contribution >= 0.6 is 11.6 Å². The lowest BCUT2D eigenvalue weighted by molar-refractivity contribution is -0.119. The number of likely N-dealkylation sites (N-methyl/N-ethyl adjacent to an activating group) is 1. The van der Waals surface area contributed by atoms with E-state index in [9.17, 15) is 14.0 Å². The third-order valence-electron chi connectivity index (χ3n) is 6.30. The molecule has 2 atom stereocenters. The number of anilines is 1. The van der Waals surface area contributed by atoms with Crippen LogP contribution in [-0.2, 0) is 11.8 Å². The highest BCUT2D eigenvalue weighted by Gasteiger charge is 2.43. The number of hydrogen-bond acceptors (Lipinski definition) is 2. The van der Waals surface area contributed by atoms with Gasteiger partial charge in [0, 0.05) is 48.0 Å². The van der Waals surface area contributed by atoms with Gasteiger partial charge < -0.3 is 14.8 Å². The van der Waals surface area contributed by atoms with Crippen molar-refractivity contribution in [2.24, 2.45) is 7.05 Å². The maximum atomic E-state index is 13.7. The SMILES string of the molecule is CN1C(=O)c2ccccc2[C@@H](C(=O)Nc2ccc(F)c(Cl)c2)[C@H]1c1cn(C)c2ccccc12. The van der Waals surface area contributed by atoms with Crippen LogP contribution in [0.3, 0.4) is 0 Å². The van der Waals surface area contributed by atoms with Crippen molar-refractivity contribution < 1.29 is 14.0 Å². The number of carbonyl (C=O) groups is 2. The van der Waals surface area contributed by atoms with E-state index in [2.05, 4.69) is 5.32 Å². The normalized spacial score (nSPS) is 17.8. The van der Waals surface area contributed by atoms with Crippen molar-refractivity contribution in [1.29, 1.82) is 0 Å². The summed E-state index contributed by atoms with van der Waals surface area (Å²) in [6.07, 6.45) is 1.97. The van der Waals surface area contributed by atoms with E-state index in [4.69, 9.17) is 11.6 Å². The molecular weight excluding hydrogens is 441 g/mol. The molecule has 1 aromatic heterocycles. The molecule has 1 N–H and O–H groups in total. The van der Waals surface area contributed by atoms with Gasteiger partial charge in [0.25, 0.3) is 5.91 Å². The highest BCUT2D eigenvalue weighted by molar-refractivity contribution is 6.31. The molecule has 1 aliphatic heterocycles. The van der Waals surface area contributed by atoms with Crippen LogP contribution in [0.5, 0.6) is 0 Å². The minimum absolute atomic E-state index is 0.0743. The summed E-state index contributed by atoms with van der Waals surface area (Å²) in [6, 6.07) is 18.6. The first-order chi connectivity index (χ1) is 15.9. The van der Waals surface area contributed by atoms with Gasteiger partial charge >= 0.3 is 0 Å². The van der Waals surface area contributed by atoms with Crippen molar-refractivity contribution in [1.82, 2.24) is 9.47 Å². The van der Waals surface area contributed by atoms with Crippen LogP contribution in [0, 0.1) is 5.82 Å². The summed E-state index contributed by atoms with van der Waals surface area (Å²) < 4.78 is 15.6. The first-order valence-corrected chi connectivity index (χ1v) is 10.9. The predicted molar refractivity (Wildman–Crippen MR) is 127 cm³/mol. The average molecular weight is 462 g/mol. The molecule has 3 aromatic carbocycles. The van der Waals surface area contributed by atoms with Gasteiger partial charge in [-0.15, -0.1) is 0 Å². The van der Waals surface area contributed by atoms with Gasteiger partial charge in [-0.25, -0.2) is 4.39 Å². The van der Waals surface area contributed by atoms with E-state index < -0.39 is 17.8 Å². The maximum absolute atomic E-state index is 13.7. The minimum Gasteiger partial charge on any atom is -0.350 e. The van der Waals surface area contributed by atoms with E-state index in [1.54, 1.807) is 24.1 Å². The molecule has 0 spiro atoms. The Kier molecular flexibility index (Phi) is 5.17. The van der Waals surface area contributed by atoms with Gasteiger partial charge in [-0.2, -0.15) is 0 Å². The quantitative estimate of drug-likeness (QED) is 0.436. The minimum atomic E-state index is -0.682. The number of fused-ring (bicyclic) bond motifs is 2. The van der Waals surface area contributed by atoms with Gasteiger partial charge in [-0.1, -0.05) is 48.0 Å². The first kappa shape index (κ1) is 21.2. The second-order valence-corrected chi connectivity index (χ2v) is 8.66. The summed E-state index contributed by atoms with van der Waals surface area (Å²) in [4.78, 5) is 28.6. The van der Waals surface area contributed by atoms with Gasteiger partial charge in [0.1, 0.15) is 5.82 Å². The molecule has 0 bridgehead atoms. The highest BCUT2D eigenvalue weighted by atomic mass is 35.5. The number of rotatable bonds is 3. The molecule has 0 unspecified atom stereocenters. The molecule has 0 radical (unpaired) electrons. The lowest BCUT2D eigenvalue weighted by atomic mass is 9.79. The molecule has 5 nitrogen and oxygen atoms in total. The Bertz CT molecular complexity index is 1410. The third-order valence-corrected chi connectivity index (χ3v) is 6.59. The molecule has 33 heavy (non-hydrogen) atoms. The fourth-order valence-corrected chi connectivity index (χ4v) is 4.93. The smallest absolute Gasteiger partial charge is 0.254 e. The molecule has 0 aliphatic carbocycles. The fourth-order valence-electron chi connectivity index (χ4n) is 4.75. The third kappa shape index (κ3) is 3.47. The zero-order valence-corrected chi connectivity index (χ0v) is 18.8. The van der Waals surface area contributed by atoms with Crippen molar-refractivity contribution in [3.05, 3.63) is 100 Å². The van der Waals surface area contributed by atoms with Gasteiger partial charge in [0.15, 0.2) is 0 Å². The first-order valence-electron chi connectivity index (χ1n) is 10.5. The standard InChI is InChI=1S/C26H21ClFN3O2/c1-30-14-19(16-7-5-6-10-22(16)30)24-23(17-8-3-4-9-18(17)26(33)31(24)2)25(32)29-15-11-12-21(28)20(27)13-15/h3-14,23-24H,1-2H3,(H,29,32)/t23-,24-/m1/s1. The average Bonchev–Trinajstić information content (AvgIpc) is 3.14. The summed E-state index contributed by atoms with van der Waals surface area (Å²) in [7, 11) is 3.67. The van der Waals surface area contributed by atoms with Crippen molar-refractivity contribution >= 4 is 40.0 Å². The Hall–Kier alpha value is -3.64. The number of nitrogens with one attached hydrogen (secondary N) is 1. The van der Waals surface area contributed by atoms with Crippen LogP contribution in [0.15, 0.2) is 72.9 Å². The van der Waals surface area contributed by atoms with Crippen LogP contribution in [0.2, 0.25) is 5.02 Å². The number of aryl methyl sites for hydroxylation is 1. The lowest BCUT2D eigenvalue weighted by Crippen LogP contribution is -2.44. The predicted octanol–water partition coefficient (Wildman–Crippen LogP) is 5.52. The Morgan fingerprint density at radius 1 is 1.00 bits per heavy atom. The molecule has 2 heterocycles. The molecule has 4 aromatic rings. The van der Waals surface area contributed by atoms with Crippen molar-refractivity contribution in [2.75, 3.05) is 12.4 Å². The number of nitrogens with zero attached hydrogens (tertiary/aromatic N) is 2. The van der Waals surface area contributed by atoms with Crippen LogP contribution in [0.4, 0.5) is 10.1 Å². The molecule has 7 heteroatoms. The van der Waals surface area contributed by atoms with E-state index in [1.807, 2.05) is 54.2 Å². The van der Waals surface area contributed by atoms with Crippen LogP contribution in [0.25, 0.3) is 10.9 Å². The Morgan fingerprint density at radius 3 is 2.52 bits per heavy atom. The Balaban J connectivity index is 1.66. The summed E-state index contributed by atoms with van der Waals surface area (Å²) in [5.74, 6) is -1.69. The Labute approximate surface area is 195 Å². The number of benzene rings is 3. The zero-order chi connectivity index (χ0) is 23.3. The van der Waals surface area contributed by atoms with Gasteiger partial charge in [-0.05, 0) is 35.9 Å². The van der Waals surface area contributed by atoms with E-state index in [0.29, 0.717) is 16.8 Å². The second-order valence-electron chi connectivity index (χ2n) is 8.26. The molecule has 0 saturated heterocycles. The van der Waals surface area contributed by atoms with E-state index in [-0.39, 0.29) is 16.8 Å². The summed E-state index contributed by atoms with van der Waals surface area (Å²) in [5, 5.41) is 3.78. The molecule has 166 valence electrons. The molecule has 0 saturated carbocycles. The van der Waals surface area contributed by atoms with Crippen LogP contribution in [-0.4, -0.2) is 28.3 Å². The molecule has 1 aliphatic rings. The highest BCUT2D eigenvalue weighted by Crippen LogP contribution is 2.44. The summed E-state index contributed by atoms with van der Waals surface area (Å²) in [5.41, 5.74) is 3.44. The number of hydrogen-bond donors (Lipinski definition) is 1. The van der Waals surface area contributed by atoms with Gasteiger partial charge in [0.2, 0.25) is 5.91 Å².